The number of nitrogens with one attached hydrogen (secondary N) is 1. The molecule has 1 aromatic heterocycles. The highest BCUT2D eigenvalue weighted by Gasteiger charge is 2.16. The van der Waals surface area contributed by atoms with Gasteiger partial charge in [-0.05, 0) is 48.2 Å². The number of para-hydroxylation sites is 2. The second-order valence-electron chi connectivity index (χ2n) is 9.87. The summed E-state index contributed by atoms with van der Waals surface area (Å²) in [5, 5.41) is 3.01. The van der Waals surface area contributed by atoms with Gasteiger partial charge in [0, 0.05) is 26.6 Å². The number of carbonyl (C=O) groups is 2. The van der Waals surface area contributed by atoms with Gasteiger partial charge in [-0.2, -0.15) is 0 Å². The number of nitrogens with zero attached hydrogens (tertiary/aromatic N) is 3. The van der Waals surface area contributed by atoms with E-state index in [0.717, 1.165) is 53.7 Å². The van der Waals surface area contributed by atoms with Crippen molar-refractivity contribution in [3.8, 4) is 11.5 Å². The number of ether oxygens (including phenoxy) is 2. The molecule has 8 nitrogen and oxygen atoms in total. The van der Waals surface area contributed by atoms with E-state index in [4.69, 9.17) is 14.5 Å². The van der Waals surface area contributed by atoms with Gasteiger partial charge in [0.1, 0.15) is 12.4 Å². The van der Waals surface area contributed by atoms with Crippen LogP contribution in [0.25, 0.3) is 11.0 Å². The van der Waals surface area contributed by atoms with Gasteiger partial charge in [-0.1, -0.05) is 55.0 Å². The predicted molar refractivity (Wildman–Crippen MR) is 156 cm³/mol. The summed E-state index contributed by atoms with van der Waals surface area (Å²) < 4.78 is 12.6. The third kappa shape index (κ3) is 7.62. The molecule has 8 heteroatoms. The van der Waals surface area contributed by atoms with Gasteiger partial charge in [0.25, 0.3) is 0 Å². The van der Waals surface area contributed by atoms with Crippen LogP contribution in [-0.4, -0.2) is 54.1 Å². The topological polar surface area (TPSA) is 85.7 Å². The fourth-order valence-corrected chi connectivity index (χ4v) is 4.75. The van der Waals surface area contributed by atoms with E-state index in [1.54, 1.807) is 19.1 Å². The lowest BCUT2D eigenvalue weighted by atomic mass is 10.1. The maximum atomic E-state index is 13.1. The highest BCUT2D eigenvalue weighted by Crippen LogP contribution is 2.27. The molecular formula is C32H38N4O4. The summed E-state index contributed by atoms with van der Waals surface area (Å²) in [6.45, 7) is 1.44. The van der Waals surface area contributed by atoms with E-state index in [2.05, 4.69) is 5.32 Å². The molecule has 210 valence electrons. The fraction of sp³-hybridized carbons (Fsp3) is 0.344. The van der Waals surface area contributed by atoms with Crippen molar-refractivity contribution in [2.24, 2.45) is 0 Å². The van der Waals surface area contributed by atoms with Gasteiger partial charge in [0.2, 0.25) is 11.8 Å². The van der Waals surface area contributed by atoms with Gasteiger partial charge in [-0.15, -0.1) is 0 Å². The minimum absolute atomic E-state index is 0.0212. The molecule has 4 rings (SSSR count). The number of aromatic nitrogens is 2. The number of imidazole rings is 1. The third-order valence-electron chi connectivity index (χ3n) is 6.93. The van der Waals surface area contributed by atoms with Gasteiger partial charge in [0.15, 0.2) is 11.5 Å². The molecule has 0 aliphatic heterocycles. The van der Waals surface area contributed by atoms with Crippen molar-refractivity contribution in [1.82, 2.24) is 19.8 Å². The Morgan fingerprint density at radius 2 is 1.62 bits per heavy atom. The number of benzene rings is 3. The minimum atomic E-state index is -0.0212. The number of likely N-dealkylation sites (N-methyl/N-ethyl adjacent to an activating group) is 1. The molecule has 0 saturated heterocycles. The fourth-order valence-electron chi connectivity index (χ4n) is 4.75. The Hall–Kier alpha value is -4.33. The van der Waals surface area contributed by atoms with E-state index in [9.17, 15) is 9.59 Å². The van der Waals surface area contributed by atoms with Crippen LogP contribution in [0.4, 0.5) is 0 Å². The largest absolute Gasteiger partial charge is 0.493 e. The van der Waals surface area contributed by atoms with Crippen LogP contribution in [0.1, 0.15) is 36.2 Å². The molecule has 0 saturated carbocycles. The average Bonchev–Trinajstić information content (AvgIpc) is 3.32. The molecule has 3 aromatic carbocycles. The zero-order valence-corrected chi connectivity index (χ0v) is 23.6. The molecule has 0 bridgehead atoms. The maximum absolute atomic E-state index is 13.1. The van der Waals surface area contributed by atoms with E-state index >= 15 is 0 Å². The van der Waals surface area contributed by atoms with E-state index in [1.165, 1.54) is 0 Å². The quantitative estimate of drug-likeness (QED) is 0.232. The molecule has 0 spiro atoms. The van der Waals surface area contributed by atoms with E-state index in [0.29, 0.717) is 24.6 Å². The van der Waals surface area contributed by atoms with Gasteiger partial charge in [-0.3, -0.25) is 9.59 Å². The van der Waals surface area contributed by atoms with Crippen molar-refractivity contribution >= 4 is 22.8 Å². The summed E-state index contributed by atoms with van der Waals surface area (Å²) >= 11 is 0. The summed E-state index contributed by atoms with van der Waals surface area (Å²) in [7, 11) is 5.01. The number of amides is 2. The summed E-state index contributed by atoms with van der Waals surface area (Å²) in [6.07, 6.45) is 3.79. The molecule has 2 amide bonds. The first-order chi connectivity index (χ1) is 19.5. The van der Waals surface area contributed by atoms with Crippen molar-refractivity contribution in [2.75, 3.05) is 27.8 Å². The van der Waals surface area contributed by atoms with Crippen LogP contribution in [0.2, 0.25) is 0 Å². The first-order valence-corrected chi connectivity index (χ1v) is 13.7. The van der Waals surface area contributed by atoms with E-state index in [1.807, 2.05) is 84.4 Å². The number of carbonyl (C=O) groups excluding carboxylic acids is 2. The SMILES string of the molecule is COc1ccc(CC(=O)NCCCCCc2nc3ccccc3n2CC(=O)N(C)Cc2ccccc2)cc1OC. The maximum Gasteiger partial charge on any atom is 0.242 e. The number of unbranched alkanes of at least 4 members (excludes halogenated alkanes) is 2. The van der Waals surface area contributed by atoms with Crippen LogP contribution in [0, 0.1) is 0 Å². The van der Waals surface area contributed by atoms with Crippen molar-refractivity contribution in [2.45, 2.75) is 45.2 Å². The standard InChI is InChI=1S/C32H38N4O4/c1-35(22-24-12-6-4-7-13-24)32(38)23-36-27-15-10-9-14-26(27)34-30(36)16-8-5-11-19-33-31(37)21-25-17-18-28(39-2)29(20-25)40-3/h4,6-7,9-10,12-15,17-18,20H,5,8,11,16,19,21-23H2,1-3H3,(H,33,37). The lowest BCUT2D eigenvalue weighted by Gasteiger charge is -2.19. The summed E-state index contributed by atoms with van der Waals surface area (Å²) in [4.78, 5) is 32.1. The molecular weight excluding hydrogens is 504 g/mol. The second-order valence-corrected chi connectivity index (χ2v) is 9.87. The van der Waals surface area contributed by atoms with Crippen LogP contribution in [0.15, 0.2) is 72.8 Å². The predicted octanol–water partition coefficient (Wildman–Crippen LogP) is 4.78. The van der Waals surface area contributed by atoms with E-state index < -0.39 is 0 Å². The Kier molecular flexibility index (Phi) is 10.2. The van der Waals surface area contributed by atoms with E-state index in [-0.39, 0.29) is 24.8 Å². The van der Waals surface area contributed by atoms with Crippen molar-refractivity contribution in [3.63, 3.8) is 0 Å². The van der Waals surface area contributed by atoms with Crippen molar-refractivity contribution in [3.05, 3.63) is 89.7 Å². The molecule has 1 N–H and O–H groups in total. The number of hydrogen-bond acceptors (Lipinski definition) is 5. The molecule has 1 heterocycles. The number of rotatable bonds is 14. The molecule has 40 heavy (non-hydrogen) atoms. The Morgan fingerprint density at radius 3 is 2.40 bits per heavy atom. The third-order valence-corrected chi connectivity index (χ3v) is 6.93. The Bertz CT molecular complexity index is 1420. The number of methoxy groups -OCH3 is 2. The normalized spacial score (nSPS) is 10.9. The molecule has 0 aliphatic rings. The van der Waals surface area contributed by atoms with Gasteiger partial charge in [-0.25, -0.2) is 4.98 Å². The number of fused-ring (bicyclic) bond motifs is 1. The summed E-state index contributed by atoms with van der Waals surface area (Å²) in [5.74, 6) is 2.20. The molecule has 0 unspecified atom stereocenters. The molecule has 0 aliphatic carbocycles. The minimum Gasteiger partial charge on any atom is -0.493 e. The average molecular weight is 543 g/mol. The van der Waals surface area contributed by atoms with Crippen molar-refractivity contribution < 1.29 is 19.1 Å². The van der Waals surface area contributed by atoms with Crippen molar-refractivity contribution in [1.29, 1.82) is 0 Å². The van der Waals surface area contributed by atoms with Gasteiger partial charge in [0.05, 0.1) is 31.7 Å². The summed E-state index contributed by atoms with van der Waals surface area (Å²) in [6, 6.07) is 23.5. The zero-order chi connectivity index (χ0) is 28.3. The van der Waals surface area contributed by atoms with Crippen LogP contribution >= 0.6 is 0 Å². The lowest BCUT2D eigenvalue weighted by molar-refractivity contribution is -0.131. The monoisotopic (exact) mass is 542 g/mol. The van der Waals surface area contributed by atoms with Crippen LogP contribution in [0.5, 0.6) is 11.5 Å². The zero-order valence-electron chi connectivity index (χ0n) is 23.6. The van der Waals surface area contributed by atoms with Crippen LogP contribution in [-0.2, 0) is 35.5 Å². The smallest absolute Gasteiger partial charge is 0.242 e. The molecule has 4 aromatic rings. The Labute approximate surface area is 235 Å². The summed E-state index contributed by atoms with van der Waals surface area (Å²) in [5.41, 5.74) is 3.85. The first kappa shape index (κ1) is 28.7. The molecule has 0 atom stereocenters. The molecule has 0 fully saturated rings. The van der Waals surface area contributed by atoms with Gasteiger partial charge < -0.3 is 24.3 Å². The first-order valence-electron chi connectivity index (χ1n) is 13.7. The second kappa shape index (κ2) is 14.2. The van der Waals surface area contributed by atoms with Crippen LogP contribution < -0.4 is 14.8 Å². The Balaban J connectivity index is 1.26. The van der Waals surface area contributed by atoms with Crippen LogP contribution in [0.3, 0.4) is 0 Å². The highest BCUT2D eigenvalue weighted by atomic mass is 16.5. The lowest BCUT2D eigenvalue weighted by Crippen LogP contribution is -2.30. The molecule has 0 radical (unpaired) electrons. The number of aryl methyl sites for hydroxylation is 1. The highest BCUT2D eigenvalue weighted by molar-refractivity contribution is 5.81. The van der Waals surface area contributed by atoms with Gasteiger partial charge >= 0.3 is 0 Å². The Morgan fingerprint density at radius 1 is 0.875 bits per heavy atom. The number of hydrogen-bond donors (Lipinski definition) is 1.